The molecule has 0 aromatic carbocycles. The van der Waals surface area contributed by atoms with E-state index in [0.29, 0.717) is 6.42 Å². The summed E-state index contributed by atoms with van der Waals surface area (Å²) < 4.78 is 0. The van der Waals surface area contributed by atoms with Crippen molar-refractivity contribution in [2.24, 2.45) is 0 Å². The zero-order valence-electron chi connectivity index (χ0n) is 11.5. The molecule has 90 valence electrons. The summed E-state index contributed by atoms with van der Waals surface area (Å²) in [5.41, 5.74) is -0.188. The molecule has 0 heterocycles. The largest absolute Gasteiger partial charge is 0.333 e. The van der Waals surface area contributed by atoms with Crippen LogP contribution >= 0.6 is 0 Å². The Morgan fingerprint density at radius 1 is 1.00 bits per heavy atom. The number of carbonyl (C=O) groups excluding carboxylic acids is 1. The Hall–Kier alpha value is -0.530. The van der Waals surface area contributed by atoms with Gasteiger partial charge in [0.15, 0.2) is 0 Å². The lowest BCUT2D eigenvalue weighted by Gasteiger charge is -2.45. The number of amides is 1. The molecule has 0 bridgehead atoms. The first-order valence-corrected chi connectivity index (χ1v) is 5.94. The quantitative estimate of drug-likeness (QED) is 0.701. The SMILES string of the molecule is CCCCC(=O)N(C(C)(C)C)C(C)(C)C. The molecule has 0 unspecified atom stereocenters. The van der Waals surface area contributed by atoms with Gasteiger partial charge in [-0.05, 0) is 48.0 Å². The fourth-order valence-electron chi connectivity index (χ4n) is 2.19. The van der Waals surface area contributed by atoms with Gasteiger partial charge in [-0.15, -0.1) is 0 Å². The maximum Gasteiger partial charge on any atom is 0.223 e. The second-order valence-electron chi connectivity index (χ2n) is 6.17. The normalized spacial score (nSPS) is 12.7. The average molecular weight is 213 g/mol. The molecular formula is C13H27NO. The Kier molecular flexibility index (Phi) is 4.82. The van der Waals surface area contributed by atoms with Crippen LogP contribution in [0.15, 0.2) is 0 Å². The van der Waals surface area contributed by atoms with Gasteiger partial charge in [-0.25, -0.2) is 0 Å². The van der Waals surface area contributed by atoms with Crippen molar-refractivity contribution < 1.29 is 4.79 Å². The van der Waals surface area contributed by atoms with Gasteiger partial charge in [0.05, 0.1) is 0 Å². The molecule has 0 saturated heterocycles. The minimum atomic E-state index is -0.0942. The molecule has 0 atom stereocenters. The van der Waals surface area contributed by atoms with Gasteiger partial charge < -0.3 is 4.90 Å². The minimum absolute atomic E-state index is 0.0942. The summed E-state index contributed by atoms with van der Waals surface area (Å²) >= 11 is 0. The van der Waals surface area contributed by atoms with E-state index in [1.807, 2.05) is 4.90 Å². The third-order valence-electron chi connectivity index (χ3n) is 2.34. The fraction of sp³-hybridized carbons (Fsp3) is 0.923. The zero-order chi connectivity index (χ0) is 12.3. The fourth-order valence-corrected chi connectivity index (χ4v) is 2.19. The molecule has 0 aromatic heterocycles. The first-order valence-electron chi connectivity index (χ1n) is 5.94. The van der Waals surface area contributed by atoms with Crippen LogP contribution in [-0.2, 0) is 4.79 Å². The summed E-state index contributed by atoms with van der Waals surface area (Å²) in [7, 11) is 0. The Morgan fingerprint density at radius 2 is 1.40 bits per heavy atom. The highest BCUT2D eigenvalue weighted by molar-refractivity contribution is 5.77. The number of carbonyl (C=O) groups is 1. The number of hydrogen-bond donors (Lipinski definition) is 0. The lowest BCUT2D eigenvalue weighted by molar-refractivity contribution is -0.142. The lowest BCUT2D eigenvalue weighted by atomic mass is 9.95. The number of unbranched alkanes of at least 4 members (excludes halogenated alkanes) is 1. The summed E-state index contributed by atoms with van der Waals surface area (Å²) in [6, 6.07) is 0. The van der Waals surface area contributed by atoms with E-state index in [1.54, 1.807) is 0 Å². The second kappa shape index (κ2) is 5.00. The van der Waals surface area contributed by atoms with Crippen LogP contribution in [0.3, 0.4) is 0 Å². The molecule has 2 nitrogen and oxygen atoms in total. The Bertz CT molecular complexity index is 194. The lowest BCUT2D eigenvalue weighted by Crippen LogP contribution is -2.55. The molecule has 0 saturated carbocycles. The van der Waals surface area contributed by atoms with Crippen LogP contribution < -0.4 is 0 Å². The Morgan fingerprint density at radius 3 is 1.67 bits per heavy atom. The summed E-state index contributed by atoms with van der Waals surface area (Å²) in [5, 5.41) is 0. The number of hydrogen-bond acceptors (Lipinski definition) is 1. The van der Waals surface area contributed by atoms with Gasteiger partial charge in [-0.2, -0.15) is 0 Å². The van der Waals surface area contributed by atoms with Crippen molar-refractivity contribution in [1.82, 2.24) is 4.90 Å². The molecule has 0 rings (SSSR count). The highest BCUT2D eigenvalue weighted by atomic mass is 16.2. The molecule has 2 heteroatoms. The Balaban J connectivity index is 4.74. The summed E-state index contributed by atoms with van der Waals surface area (Å²) in [4.78, 5) is 14.1. The maximum atomic E-state index is 12.1. The highest BCUT2D eigenvalue weighted by Gasteiger charge is 2.34. The van der Waals surface area contributed by atoms with Gasteiger partial charge in [-0.3, -0.25) is 4.79 Å². The summed E-state index contributed by atoms with van der Waals surface area (Å²) in [6.07, 6.45) is 2.74. The van der Waals surface area contributed by atoms with Crippen molar-refractivity contribution in [1.29, 1.82) is 0 Å². The van der Waals surface area contributed by atoms with E-state index in [1.165, 1.54) is 0 Å². The van der Waals surface area contributed by atoms with Crippen LogP contribution in [0.4, 0.5) is 0 Å². The van der Waals surface area contributed by atoms with Gasteiger partial charge in [0.2, 0.25) is 5.91 Å². The molecule has 0 N–H and O–H groups in total. The summed E-state index contributed by atoms with van der Waals surface area (Å²) in [6.45, 7) is 14.7. The van der Waals surface area contributed by atoms with Crippen LogP contribution in [0.2, 0.25) is 0 Å². The van der Waals surface area contributed by atoms with E-state index in [2.05, 4.69) is 48.5 Å². The standard InChI is InChI=1S/C13H27NO/c1-8-9-10-11(15)14(12(2,3)4)13(5,6)7/h8-10H2,1-7H3. The van der Waals surface area contributed by atoms with E-state index in [4.69, 9.17) is 0 Å². The smallest absolute Gasteiger partial charge is 0.223 e. The summed E-state index contributed by atoms with van der Waals surface area (Å²) in [5.74, 6) is 0.275. The van der Waals surface area contributed by atoms with Crippen molar-refractivity contribution in [3.8, 4) is 0 Å². The van der Waals surface area contributed by atoms with E-state index in [-0.39, 0.29) is 17.0 Å². The van der Waals surface area contributed by atoms with E-state index in [9.17, 15) is 4.79 Å². The monoisotopic (exact) mass is 213 g/mol. The van der Waals surface area contributed by atoms with E-state index in [0.717, 1.165) is 12.8 Å². The van der Waals surface area contributed by atoms with Crippen molar-refractivity contribution in [2.75, 3.05) is 0 Å². The van der Waals surface area contributed by atoms with Crippen molar-refractivity contribution in [3.63, 3.8) is 0 Å². The Labute approximate surface area is 95.0 Å². The van der Waals surface area contributed by atoms with Gasteiger partial charge in [-0.1, -0.05) is 13.3 Å². The highest BCUT2D eigenvalue weighted by Crippen LogP contribution is 2.26. The molecule has 0 spiro atoms. The van der Waals surface area contributed by atoms with Crippen LogP contribution in [0, 0.1) is 0 Å². The number of rotatable bonds is 3. The molecule has 0 fully saturated rings. The zero-order valence-corrected chi connectivity index (χ0v) is 11.5. The van der Waals surface area contributed by atoms with Crippen molar-refractivity contribution in [3.05, 3.63) is 0 Å². The third-order valence-corrected chi connectivity index (χ3v) is 2.34. The molecule has 0 aliphatic rings. The van der Waals surface area contributed by atoms with Crippen LogP contribution in [-0.4, -0.2) is 21.9 Å². The molecule has 15 heavy (non-hydrogen) atoms. The maximum absolute atomic E-state index is 12.1. The van der Waals surface area contributed by atoms with Crippen molar-refractivity contribution in [2.45, 2.75) is 78.8 Å². The topological polar surface area (TPSA) is 20.3 Å². The van der Waals surface area contributed by atoms with Gasteiger partial charge in [0.1, 0.15) is 0 Å². The minimum Gasteiger partial charge on any atom is -0.333 e. The number of nitrogens with zero attached hydrogens (tertiary/aromatic N) is 1. The van der Waals surface area contributed by atoms with Crippen LogP contribution in [0.5, 0.6) is 0 Å². The third kappa shape index (κ3) is 4.67. The predicted octanol–water partition coefficient (Wildman–Crippen LogP) is 3.60. The first-order chi connectivity index (χ1) is 6.60. The molecular weight excluding hydrogens is 186 g/mol. The molecule has 0 aliphatic carbocycles. The second-order valence-corrected chi connectivity index (χ2v) is 6.17. The van der Waals surface area contributed by atoms with Crippen molar-refractivity contribution >= 4 is 5.91 Å². The van der Waals surface area contributed by atoms with E-state index < -0.39 is 0 Å². The average Bonchev–Trinajstić information content (AvgIpc) is 1.94. The van der Waals surface area contributed by atoms with Crippen LogP contribution in [0.25, 0.3) is 0 Å². The molecule has 0 aromatic rings. The van der Waals surface area contributed by atoms with Gasteiger partial charge in [0.25, 0.3) is 0 Å². The first kappa shape index (κ1) is 14.5. The predicted molar refractivity (Wildman–Crippen MR) is 65.9 cm³/mol. The van der Waals surface area contributed by atoms with E-state index >= 15 is 0 Å². The molecule has 0 aliphatic heterocycles. The van der Waals surface area contributed by atoms with Crippen LogP contribution in [0.1, 0.15) is 67.7 Å². The molecule has 0 radical (unpaired) electrons. The molecule has 1 amide bonds. The van der Waals surface area contributed by atoms with Gasteiger partial charge in [0, 0.05) is 17.5 Å². The van der Waals surface area contributed by atoms with Gasteiger partial charge >= 0.3 is 0 Å².